The summed E-state index contributed by atoms with van der Waals surface area (Å²) in [4.78, 5) is 24.6. The molecule has 9 heteroatoms. The van der Waals surface area contributed by atoms with Crippen LogP contribution in [0, 0.1) is 0 Å². The zero-order valence-electron chi connectivity index (χ0n) is 9.90. The van der Waals surface area contributed by atoms with Crippen LogP contribution in [-0.2, 0) is 4.79 Å². The number of carbonyl (C=O) groups is 2. The molecule has 20 heavy (non-hydrogen) atoms. The standard InChI is InChI=1S/C11H9Br3N2O3S/c12-5-1-6(13)9(7(14)2-5)15-11(19)16-4-20-3-8(16)10(17)18/h1-2,8H,3-4H2,(H,15,19)(H,17,18). The number of nitrogens with one attached hydrogen (secondary N) is 1. The van der Waals surface area contributed by atoms with Crippen molar-refractivity contribution in [1.29, 1.82) is 0 Å². The van der Waals surface area contributed by atoms with Crippen LogP contribution in [0.5, 0.6) is 0 Å². The van der Waals surface area contributed by atoms with Crippen molar-refractivity contribution in [3.8, 4) is 0 Å². The van der Waals surface area contributed by atoms with Gasteiger partial charge in [0.15, 0.2) is 0 Å². The Balaban J connectivity index is 2.18. The van der Waals surface area contributed by atoms with E-state index in [0.29, 0.717) is 26.3 Å². The number of carboxylic acid groups (broad SMARTS) is 1. The van der Waals surface area contributed by atoms with Crippen LogP contribution >= 0.6 is 59.6 Å². The summed E-state index contributed by atoms with van der Waals surface area (Å²) in [7, 11) is 0. The molecule has 1 saturated heterocycles. The third-order valence-electron chi connectivity index (χ3n) is 2.67. The molecule has 0 spiro atoms. The van der Waals surface area contributed by atoms with Gasteiger partial charge in [-0.25, -0.2) is 9.59 Å². The monoisotopic (exact) mass is 486 g/mol. The van der Waals surface area contributed by atoms with Crippen LogP contribution in [0.25, 0.3) is 0 Å². The van der Waals surface area contributed by atoms with Gasteiger partial charge in [0.25, 0.3) is 0 Å². The molecule has 108 valence electrons. The van der Waals surface area contributed by atoms with Crippen LogP contribution in [0.2, 0.25) is 0 Å². The van der Waals surface area contributed by atoms with Gasteiger partial charge in [-0.15, -0.1) is 11.8 Å². The first-order valence-electron chi connectivity index (χ1n) is 5.43. The van der Waals surface area contributed by atoms with E-state index in [0.717, 1.165) is 4.47 Å². The summed E-state index contributed by atoms with van der Waals surface area (Å²) in [5.74, 6) is -0.209. The Morgan fingerprint density at radius 2 is 1.90 bits per heavy atom. The fourth-order valence-corrected chi connectivity index (χ4v) is 5.29. The summed E-state index contributed by atoms with van der Waals surface area (Å²) in [5, 5.41) is 11.8. The Bertz CT molecular complexity index is 547. The SMILES string of the molecule is O=C(O)C1CSCN1C(=O)Nc1c(Br)cc(Br)cc1Br. The molecule has 1 aromatic rings. The molecule has 0 bridgehead atoms. The molecule has 2 rings (SSSR count). The molecule has 1 heterocycles. The van der Waals surface area contributed by atoms with Gasteiger partial charge < -0.3 is 15.3 Å². The third-order valence-corrected chi connectivity index (χ3v) is 5.39. The summed E-state index contributed by atoms with van der Waals surface area (Å²) < 4.78 is 2.26. The molecule has 0 radical (unpaired) electrons. The number of thioether (sulfide) groups is 1. The topological polar surface area (TPSA) is 69.6 Å². The van der Waals surface area contributed by atoms with E-state index in [1.165, 1.54) is 16.7 Å². The van der Waals surface area contributed by atoms with Crippen molar-refractivity contribution in [1.82, 2.24) is 4.90 Å². The lowest BCUT2D eigenvalue weighted by Gasteiger charge is -2.21. The van der Waals surface area contributed by atoms with Crippen molar-refractivity contribution >= 4 is 77.2 Å². The predicted molar refractivity (Wildman–Crippen MR) is 89.1 cm³/mol. The van der Waals surface area contributed by atoms with Gasteiger partial charge in [0.1, 0.15) is 6.04 Å². The number of benzene rings is 1. The van der Waals surface area contributed by atoms with Crippen LogP contribution in [-0.4, -0.2) is 39.7 Å². The second kappa shape index (κ2) is 6.67. The molecule has 2 amide bonds. The van der Waals surface area contributed by atoms with Gasteiger partial charge in [-0.05, 0) is 44.0 Å². The predicted octanol–water partition coefficient (Wildman–Crippen LogP) is 3.97. The molecule has 0 aromatic heterocycles. The molecule has 2 N–H and O–H groups in total. The largest absolute Gasteiger partial charge is 0.480 e. The number of hydrogen-bond acceptors (Lipinski definition) is 3. The number of rotatable bonds is 2. The molecule has 5 nitrogen and oxygen atoms in total. The molecular weight excluding hydrogens is 480 g/mol. The normalized spacial score (nSPS) is 18.1. The van der Waals surface area contributed by atoms with Crippen molar-refractivity contribution in [3.63, 3.8) is 0 Å². The molecule has 1 unspecified atom stereocenters. The minimum atomic E-state index is -0.987. The molecule has 1 aromatic carbocycles. The van der Waals surface area contributed by atoms with Gasteiger partial charge in [-0.2, -0.15) is 0 Å². The van der Waals surface area contributed by atoms with Crippen LogP contribution in [0.1, 0.15) is 0 Å². The average Bonchev–Trinajstić information content (AvgIpc) is 2.82. The van der Waals surface area contributed by atoms with E-state index in [-0.39, 0.29) is 0 Å². The van der Waals surface area contributed by atoms with Crippen LogP contribution in [0.15, 0.2) is 25.6 Å². The van der Waals surface area contributed by atoms with Gasteiger partial charge >= 0.3 is 12.0 Å². The molecular formula is C11H9Br3N2O3S. The Morgan fingerprint density at radius 3 is 2.45 bits per heavy atom. The highest BCUT2D eigenvalue weighted by Crippen LogP contribution is 2.35. The maximum Gasteiger partial charge on any atom is 0.327 e. The highest BCUT2D eigenvalue weighted by Gasteiger charge is 2.34. The van der Waals surface area contributed by atoms with E-state index in [1.807, 2.05) is 0 Å². The van der Waals surface area contributed by atoms with Crippen LogP contribution in [0.4, 0.5) is 10.5 Å². The minimum absolute atomic E-state index is 0.370. The number of amides is 2. The van der Waals surface area contributed by atoms with Gasteiger partial charge in [0.2, 0.25) is 0 Å². The first kappa shape index (κ1) is 16.1. The molecule has 1 fully saturated rings. The summed E-state index contributed by atoms with van der Waals surface area (Å²) in [6.45, 7) is 0. The number of carboxylic acids is 1. The van der Waals surface area contributed by atoms with Crippen LogP contribution < -0.4 is 5.32 Å². The van der Waals surface area contributed by atoms with E-state index >= 15 is 0 Å². The number of urea groups is 1. The lowest BCUT2D eigenvalue weighted by Crippen LogP contribution is -2.44. The van der Waals surface area contributed by atoms with Gasteiger partial charge in [-0.1, -0.05) is 15.9 Å². The highest BCUT2D eigenvalue weighted by atomic mass is 79.9. The first-order valence-corrected chi connectivity index (χ1v) is 8.96. The van der Waals surface area contributed by atoms with Gasteiger partial charge in [0.05, 0.1) is 11.6 Å². The van der Waals surface area contributed by atoms with Crippen molar-refractivity contribution in [2.75, 3.05) is 16.9 Å². The number of halogens is 3. The van der Waals surface area contributed by atoms with Crippen molar-refractivity contribution in [3.05, 3.63) is 25.6 Å². The summed E-state index contributed by atoms with van der Waals surface area (Å²) in [6.07, 6.45) is 0. The summed E-state index contributed by atoms with van der Waals surface area (Å²) in [5.41, 5.74) is 0.569. The quantitative estimate of drug-likeness (QED) is 0.661. The molecule has 0 saturated carbocycles. The van der Waals surface area contributed by atoms with Crippen molar-refractivity contribution < 1.29 is 14.7 Å². The Kier molecular flexibility index (Phi) is 5.38. The van der Waals surface area contributed by atoms with Crippen molar-refractivity contribution in [2.24, 2.45) is 0 Å². The number of hydrogen-bond donors (Lipinski definition) is 2. The van der Waals surface area contributed by atoms with Gasteiger partial charge in [0, 0.05) is 19.2 Å². The maximum atomic E-state index is 12.2. The smallest absolute Gasteiger partial charge is 0.327 e. The van der Waals surface area contributed by atoms with E-state index in [1.54, 1.807) is 12.1 Å². The maximum absolute atomic E-state index is 12.2. The molecule has 1 atom stereocenters. The first-order chi connectivity index (χ1) is 9.40. The molecule has 0 aliphatic carbocycles. The number of nitrogens with zero attached hydrogens (tertiary/aromatic N) is 1. The number of carbonyl (C=O) groups excluding carboxylic acids is 1. The lowest BCUT2D eigenvalue weighted by molar-refractivity contribution is -0.140. The number of aliphatic carboxylic acids is 1. The fourth-order valence-electron chi connectivity index (χ4n) is 1.69. The third kappa shape index (κ3) is 3.49. The molecule has 1 aliphatic heterocycles. The zero-order chi connectivity index (χ0) is 14.9. The Morgan fingerprint density at radius 1 is 1.30 bits per heavy atom. The Hall–Kier alpha value is -0.250. The highest BCUT2D eigenvalue weighted by molar-refractivity contribution is 9.11. The molecule has 1 aliphatic rings. The summed E-state index contributed by atoms with van der Waals surface area (Å²) in [6, 6.07) is 2.39. The van der Waals surface area contributed by atoms with Gasteiger partial charge in [-0.3, -0.25) is 0 Å². The van der Waals surface area contributed by atoms with E-state index < -0.39 is 18.0 Å². The van der Waals surface area contributed by atoms with Crippen molar-refractivity contribution in [2.45, 2.75) is 6.04 Å². The zero-order valence-corrected chi connectivity index (χ0v) is 15.5. The second-order valence-corrected chi connectivity index (χ2v) is 7.62. The van der Waals surface area contributed by atoms with E-state index in [2.05, 4.69) is 53.1 Å². The Labute approximate surface area is 144 Å². The van der Waals surface area contributed by atoms with E-state index in [9.17, 15) is 9.59 Å². The van der Waals surface area contributed by atoms with E-state index in [4.69, 9.17) is 5.11 Å². The fraction of sp³-hybridized carbons (Fsp3) is 0.273. The summed E-state index contributed by atoms with van der Waals surface area (Å²) >= 11 is 11.5. The lowest BCUT2D eigenvalue weighted by atomic mass is 10.3. The van der Waals surface area contributed by atoms with Crippen LogP contribution in [0.3, 0.4) is 0 Å². The second-order valence-electron chi connectivity index (χ2n) is 4.00. The number of anilines is 1. The minimum Gasteiger partial charge on any atom is -0.480 e. The average molecular weight is 489 g/mol.